The van der Waals surface area contributed by atoms with Crippen LogP contribution in [0.15, 0.2) is 64.0 Å². The lowest BCUT2D eigenvalue weighted by molar-refractivity contribution is 0.387. The van der Waals surface area contributed by atoms with Gasteiger partial charge in [-0.2, -0.15) is 4.98 Å². The number of halogens is 1. The van der Waals surface area contributed by atoms with E-state index in [0.717, 1.165) is 12.8 Å². The Hall–Kier alpha value is -3.78. The summed E-state index contributed by atoms with van der Waals surface area (Å²) in [5, 5.41) is 11.3. The van der Waals surface area contributed by atoms with Crippen molar-refractivity contribution >= 4 is 23.5 Å². The van der Waals surface area contributed by atoms with Crippen LogP contribution in [0.1, 0.15) is 31.2 Å². The number of aryl methyl sites for hydroxylation is 1. The Kier molecular flexibility index (Phi) is 8.92. The fourth-order valence-electron chi connectivity index (χ4n) is 3.54. The van der Waals surface area contributed by atoms with Gasteiger partial charge < -0.3 is 20.3 Å². The lowest BCUT2D eigenvalue weighted by Gasteiger charge is -2.19. The van der Waals surface area contributed by atoms with Crippen LogP contribution in [0.25, 0.3) is 5.69 Å². The number of allylic oxidation sites excluding steroid dienone is 2. The molecule has 1 heterocycles. The van der Waals surface area contributed by atoms with E-state index in [1.54, 1.807) is 48.5 Å². The van der Waals surface area contributed by atoms with E-state index in [2.05, 4.69) is 9.98 Å². The first kappa shape index (κ1) is 25.8. The Morgan fingerprint density at radius 3 is 2.43 bits per heavy atom. The molecule has 0 aliphatic heterocycles. The zero-order valence-corrected chi connectivity index (χ0v) is 20.7. The molecule has 9 heteroatoms. The average Bonchev–Trinajstić information content (AvgIpc) is 2.86. The molecule has 0 saturated carbocycles. The smallest absolute Gasteiger partial charge is 0.265 e. The van der Waals surface area contributed by atoms with Gasteiger partial charge in [-0.25, -0.2) is 0 Å². The summed E-state index contributed by atoms with van der Waals surface area (Å²) in [6, 6.07) is 12.3. The summed E-state index contributed by atoms with van der Waals surface area (Å²) in [6.07, 6.45) is 5.25. The molecule has 0 aliphatic carbocycles. The molecule has 0 spiro atoms. The normalized spacial score (nSPS) is 11.7. The molecule has 0 saturated heterocycles. The molecule has 35 heavy (non-hydrogen) atoms. The number of nitrogens with zero attached hydrogens (tertiary/aromatic N) is 3. The molecule has 184 valence electrons. The zero-order chi connectivity index (χ0) is 25.4. The van der Waals surface area contributed by atoms with E-state index in [1.807, 2.05) is 6.92 Å². The van der Waals surface area contributed by atoms with Gasteiger partial charge in [0.05, 0.1) is 25.5 Å². The molecule has 8 nitrogen and oxygen atoms in total. The second-order valence-electron chi connectivity index (χ2n) is 7.76. The van der Waals surface area contributed by atoms with Crippen molar-refractivity contribution in [1.82, 2.24) is 9.55 Å². The highest BCUT2D eigenvalue weighted by Crippen LogP contribution is 2.33. The second-order valence-corrected chi connectivity index (χ2v) is 8.19. The molecule has 3 N–H and O–H groups in total. The van der Waals surface area contributed by atoms with E-state index in [1.165, 1.54) is 25.0 Å². The topological polar surface area (TPSA) is 112 Å². The highest BCUT2D eigenvalue weighted by Gasteiger charge is 2.22. The van der Waals surface area contributed by atoms with Crippen LogP contribution in [0.4, 0.5) is 5.69 Å². The quantitative estimate of drug-likeness (QED) is 0.392. The molecule has 3 aromatic rings. The maximum Gasteiger partial charge on any atom is 0.265 e. The van der Waals surface area contributed by atoms with E-state index >= 15 is 0 Å². The maximum atomic E-state index is 13.7. The summed E-state index contributed by atoms with van der Waals surface area (Å²) in [4.78, 5) is 22.4. The van der Waals surface area contributed by atoms with Crippen LogP contribution in [-0.4, -0.2) is 35.1 Å². The SMILES string of the molecule is CCCCc1nc(O)c(CC(N)=CC=Nc2ccc(Cl)cc2)c(=O)n1-c1c(OC)cccc1OC. The van der Waals surface area contributed by atoms with Crippen LogP contribution in [0, 0.1) is 0 Å². The summed E-state index contributed by atoms with van der Waals surface area (Å²) in [5.41, 5.74) is 7.24. The Morgan fingerprint density at radius 1 is 1.17 bits per heavy atom. The molecular weight excluding hydrogens is 468 g/mol. The van der Waals surface area contributed by atoms with Gasteiger partial charge in [0.2, 0.25) is 5.88 Å². The van der Waals surface area contributed by atoms with Crippen LogP contribution < -0.4 is 20.8 Å². The number of unbranched alkanes of at least 4 members (excludes halogenated alkanes) is 1. The van der Waals surface area contributed by atoms with E-state index in [9.17, 15) is 9.90 Å². The van der Waals surface area contributed by atoms with Crippen molar-refractivity contribution in [3.8, 4) is 23.1 Å². The van der Waals surface area contributed by atoms with Gasteiger partial charge in [0, 0.05) is 29.8 Å². The predicted molar refractivity (Wildman–Crippen MR) is 139 cm³/mol. The van der Waals surface area contributed by atoms with E-state index in [0.29, 0.717) is 45.8 Å². The lowest BCUT2D eigenvalue weighted by atomic mass is 10.1. The summed E-state index contributed by atoms with van der Waals surface area (Å²) >= 11 is 5.89. The first-order chi connectivity index (χ1) is 16.9. The molecular formula is C26H29ClN4O4. The molecule has 0 atom stereocenters. The summed E-state index contributed by atoms with van der Waals surface area (Å²) in [5.74, 6) is 0.951. The Labute approximate surface area is 209 Å². The van der Waals surface area contributed by atoms with Crippen molar-refractivity contribution in [2.75, 3.05) is 14.2 Å². The average molecular weight is 497 g/mol. The van der Waals surface area contributed by atoms with E-state index in [4.69, 9.17) is 26.8 Å². The largest absolute Gasteiger partial charge is 0.494 e. The van der Waals surface area contributed by atoms with Gasteiger partial charge >= 0.3 is 0 Å². The number of aromatic nitrogens is 2. The molecule has 0 aliphatic rings. The number of rotatable bonds is 10. The molecule has 0 fully saturated rings. The number of hydrogen-bond acceptors (Lipinski definition) is 7. The van der Waals surface area contributed by atoms with Crippen molar-refractivity contribution in [2.24, 2.45) is 10.7 Å². The first-order valence-electron chi connectivity index (χ1n) is 11.2. The third-order valence-corrected chi connectivity index (χ3v) is 5.58. The second kappa shape index (κ2) is 12.1. The summed E-state index contributed by atoms with van der Waals surface area (Å²) in [6.45, 7) is 2.04. The number of aliphatic imine (C=N–C) groups is 1. The third-order valence-electron chi connectivity index (χ3n) is 5.32. The number of hydrogen-bond donors (Lipinski definition) is 2. The number of para-hydroxylation sites is 1. The number of nitrogens with two attached hydrogens (primary N) is 1. The van der Waals surface area contributed by atoms with Crippen molar-refractivity contribution in [3.63, 3.8) is 0 Å². The summed E-state index contributed by atoms with van der Waals surface area (Å²) < 4.78 is 12.5. The van der Waals surface area contributed by atoms with Crippen molar-refractivity contribution in [1.29, 1.82) is 0 Å². The van der Waals surface area contributed by atoms with Gasteiger partial charge in [-0.15, -0.1) is 0 Å². The Morgan fingerprint density at radius 2 is 1.83 bits per heavy atom. The highest BCUT2D eigenvalue weighted by atomic mass is 35.5. The van der Waals surface area contributed by atoms with Crippen LogP contribution in [0.2, 0.25) is 5.02 Å². The van der Waals surface area contributed by atoms with Gasteiger partial charge in [-0.05, 0) is 48.9 Å². The summed E-state index contributed by atoms with van der Waals surface area (Å²) in [7, 11) is 3.04. The van der Waals surface area contributed by atoms with Gasteiger partial charge in [0.25, 0.3) is 5.56 Å². The Bertz CT molecular complexity index is 1260. The third kappa shape index (κ3) is 6.22. The lowest BCUT2D eigenvalue weighted by Crippen LogP contribution is -2.28. The number of ether oxygens (including phenoxy) is 2. The first-order valence-corrected chi connectivity index (χ1v) is 11.6. The van der Waals surface area contributed by atoms with Crippen LogP contribution in [0.5, 0.6) is 17.4 Å². The van der Waals surface area contributed by atoms with Crippen LogP contribution in [-0.2, 0) is 12.8 Å². The number of aromatic hydroxyl groups is 1. The molecule has 0 unspecified atom stereocenters. The Balaban J connectivity index is 2.05. The van der Waals surface area contributed by atoms with Gasteiger partial charge in [0.1, 0.15) is 23.0 Å². The highest BCUT2D eigenvalue weighted by molar-refractivity contribution is 6.30. The van der Waals surface area contributed by atoms with Crippen molar-refractivity contribution in [3.05, 3.63) is 81.0 Å². The monoisotopic (exact) mass is 496 g/mol. The van der Waals surface area contributed by atoms with Crippen molar-refractivity contribution < 1.29 is 14.6 Å². The molecule has 0 amide bonds. The molecule has 0 radical (unpaired) electrons. The minimum Gasteiger partial charge on any atom is -0.494 e. The van der Waals surface area contributed by atoms with E-state index < -0.39 is 5.56 Å². The molecule has 1 aromatic heterocycles. The minimum atomic E-state index is -0.447. The molecule has 3 rings (SSSR count). The van der Waals surface area contributed by atoms with Gasteiger partial charge in [-0.3, -0.25) is 14.4 Å². The van der Waals surface area contributed by atoms with Crippen molar-refractivity contribution in [2.45, 2.75) is 32.6 Å². The molecule has 2 aromatic carbocycles. The van der Waals surface area contributed by atoms with Crippen LogP contribution in [0.3, 0.4) is 0 Å². The van der Waals surface area contributed by atoms with Gasteiger partial charge in [0.15, 0.2) is 0 Å². The predicted octanol–water partition coefficient (Wildman–Crippen LogP) is 4.74. The van der Waals surface area contributed by atoms with Crippen LogP contribution >= 0.6 is 11.6 Å². The maximum absolute atomic E-state index is 13.7. The fourth-order valence-corrected chi connectivity index (χ4v) is 3.66. The molecule has 0 bridgehead atoms. The fraction of sp³-hybridized carbons (Fsp3) is 0.269. The minimum absolute atomic E-state index is 0.0180. The van der Waals surface area contributed by atoms with Gasteiger partial charge in [-0.1, -0.05) is 31.0 Å². The zero-order valence-electron chi connectivity index (χ0n) is 20.0. The standard InChI is InChI=1S/C26H29ClN4O4/c1-4-5-9-23-30-25(32)20(16-18(28)14-15-29-19-12-10-17(27)11-13-19)26(33)31(23)24-21(34-2)7-6-8-22(24)35-3/h6-8,10-15,32H,4-5,9,16,28H2,1-3H3. The number of methoxy groups -OCH3 is 2. The number of benzene rings is 2. The van der Waals surface area contributed by atoms with E-state index in [-0.39, 0.29) is 17.9 Å².